The minimum atomic E-state index is -3.41. The molecule has 0 fully saturated rings. The van der Waals surface area contributed by atoms with E-state index >= 15 is 0 Å². The summed E-state index contributed by atoms with van der Waals surface area (Å²) >= 11 is 0. The van der Waals surface area contributed by atoms with E-state index in [1.807, 2.05) is 6.92 Å². The van der Waals surface area contributed by atoms with Crippen molar-refractivity contribution in [3.8, 4) is 6.07 Å². The third kappa shape index (κ3) is 4.56. The standard InChI is InChI=1S/C8H16N2O3S/c1-3-10(6-7-13-4-2)14(11,12)8-5-9/h3-4,6-8H2,1-2H3. The lowest BCUT2D eigenvalue weighted by Crippen LogP contribution is -2.35. The van der Waals surface area contributed by atoms with Gasteiger partial charge in [0.15, 0.2) is 5.75 Å². The molecule has 0 bridgehead atoms. The largest absolute Gasteiger partial charge is 0.380 e. The molecule has 0 spiro atoms. The smallest absolute Gasteiger partial charge is 0.227 e. The van der Waals surface area contributed by atoms with Crippen molar-refractivity contribution in [2.75, 3.05) is 32.1 Å². The van der Waals surface area contributed by atoms with E-state index in [0.717, 1.165) is 0 Å². The van der Waals surface area contributed by atoms with Gasteiger partial charge in [-0.1, -0.05) is 6.92 Å². The second kappa shape index (κ2) is 6.76. The highest BCUT2D eigenvalue weighted by Gasteiger charge is 2.19. The number of rotatable bonds is 7. The maximum absolute atomic E-state index is 11.4. The fraction of sp³-hybridized carbons (Fsp3) is 0.875. The first kappa shape index (κ1) is 13.4. The van der Waals surface area contributed by atoms with Crippen LogP contribution in [0.4, 0.5) is 0 Å². The maximum Gasteiger partial charge on any atom is 0.227 e. The Kier molecular flexibility index (Phi) is 6.45. The van der Waals surface area contributed by atoms with Crippen LogP contribution in [0.3, 0.4) is 0 Å². The Labute approximate surface area is 85.3 Å². The summed E-state index contributed by atoms with van der Waals surface area (Å²) in [5, 5.41) is 8.33. The predicted octanol–water partition coefficient (Wildman–Crippen LogP) is 0.198. The summed E-state index contributed by atoms with van der Waals surface area (Å²) < 4.78 is 29.1. The molecule has 14 heavy (non-hydrogen) atoms. The van der Waals surface area contributed by atoms with Crippen molar-refractivity contribution in [1.29, 1.82) is 5.26 Å². The van der Waals surface area contributed by atoms with Crippen LogP contribution in [0.5, 0.6) is 0 Å². The van der Waals surface area contributed by atoms with Crippen LogP contribution < -0.4 is 0 Å². The van der Waals surface area contributed by atoms with E-state index in [0.29, 0.717) is 26.3 Å². The highest BCUT2D eigenvalue weighted by Crippen LogP contribution is 2.00. The summed E-state index contributed by atoms with van der Waals surface area (Å²) in [5.74, 6) is -0.465. The molecule has 0 N–H and O–H groups in total. The predicted molar refractivity (Wildman–Crippen MR) is 53.1 cm³/mol. The van der Waals surface area contributed by atoms with Crippen LogP contribution in [0.15, 0.2) is 0 Å². The van der Waals surface area contributed by atoms with Gasteiger partial charge < -0.3 is 4.74 Å². The van der Waals surface area contributed by atoms with E-state index in [1.165, 1.54) is 4.31 Å². The Hall–Kier alpha value is -0.640. The minimum absolute atomic E-state index is 0.314. The lowest BCUT2D eigenvalue weighted by Gasteiger charge is -2.18. The molecule has 0 aliphatic carbocycles. The van der Waals surface area contributed by atoms with Gasteiger partial charge in [-0.15, -0.1) is 0 Å². The average Bonchev–Trinajstić information content (AvgIpc) is 2.12. The van der Waals surface area contributed by atoms with Crippen molar-refractivity contribution in [1.82, 2.24) is 4.31 Å². The Morgan fingerprint density at radius 2 is 2.07 bits per heavy atom. The zero-order valence-electron chi connectivity index (χ0n) is 8.56. The topological polar surface area (TPSA) is 70.4 Å². The maximum atomic E-state index is 11.4. The summed E-state index contributed by atoms with van der Waals surface area (Å²) in [6, 6.07) is 1.64. The van der Waals surface area contributed by atoms with Crippen molar-refractivity contribution >= 4 is 10.0 Å². The summed E-state index contributed by atoms with van der Waals surface area (Å²) in [7, 11) is -3.41. The molecule has 5 nitrogen and oxygen atoms in total. The van der Waals surface area contributed by atoms with E-state index in [4.69, 9.17) is 10.00 Å². The monoisotopic (exact) mass is 220 g/mol. The summed E-state index contributed by atoms with van der Waals surface area (Å²) in [6.07, 6.45) is 0. The van der Waals surface area contributed by atoms with Gasteiger partial charge in [-0.2, -0.15) is 9.57 Å². The lowest BCUT2D eigenvalue weighted by atomic mass is 10.6. The zero-order chi connectivity index (χ0) is 11.0. The SMILES string of the molecule is CCOCCN(CC)S(=O)(=O)CC#N. The van der Waals surface area contributed by atoms with Gasteiger partial charge >= 0.3 is 0 Å². The number of nitrogens with zero attached hydrogens (tertiary/aromatic N) is 2. The third-order valence-corrected chi connectivity index (χ3v) is 3.40. The first-order chi connectivity index (χ1) is 6.58. The fourth-order valence-electron chi connectivity index (χ4n) is 0.977. The first-order valence-corrected chi connectivity index (χ1v) is 6.11. The van der Waals surface area contributed by atoms with Crippen molar-refractivity contribution < 1.29 is 13.2 Å². The van der Waals surface area contributed by atoms with Crippen LogP contribution in [0, 0.1) is 11.3 Å². The van der Waals surface area contributed by atoms with Crippen molar-refractivity contribution in [3.05, 3.63) is 0 Å². The van der Waals surface area contributed by atoms with Gasteiger partial charge in [-0.05, 0) is 6.92 Å². The van der Waals surface area contributed by atoms with Gasteiger partial charge in [0, 0.05) is 19.7 Å². The molecule has 0 saturated heterocycles. The Bertz CT molecular complexity index is 281. The van der Waals surface area contributed by atoms with E-state index in [-0.39, 0.29) is 0 Å². The second-order valence-electron chi connectivity index (χ2n) is 2.60. The Morgan fingerprint density at radius 1 is 1.43 bits per heavy atom. The van der Waals surface area contributed by atoms with E-state index in [1.54, 1.807) is 13.0 Å². The second-order valence-corrected chi connectivity index (χ2v) is 4.57. The lowest BCUT2D eigenvalue weighted by molar-refractivity contribution is 0.135. The van der Waals surface area contributed by atoms with Gasteiger partial charge in [-0.25, -0.2) is 8.42 Å². The van der Waals surface area contributed by atoms with Gasteiger partial charge in [0.2, 0.25) is 10.0 Å². The van der Waals surface area contributed by atoms with Crippen molar-refractivity contribution in [2.45, 2.75) is 13.8 Å². The summed E-state index contributed by atoms with van der Waals surface area (Å²) in [4.78, 5) is 0. The molecular weight excluding hydrogens is 204 g/mol. The van der Waals surface area contributed by atoms with E-state index in [2.05, 4.69) is 0 Å². The molecule has 0 aliphatic rings. The molecule has 0 saturated carbocycles. The minimum Gasteiger partial charge on any atom is -0.380 e. The highest BCUT2D eigenvalue weighted by molar-refractivity contribution is 7.89. The van der Waals surface area contributed by atoms with Crippen molar-refractivity contribution in [2.24, 2.45) is 0 Å². The van der Waals surface area contributed by atoms with Gasteiger partial charge in [0.25, 0.3) is 0 Å². The van der Waals surface area contributed by atoms with Gasteiger partial charge in [-0.3, -0.25) is 0 Å². The molecule has 0 radical (unpaired) electrons. The van der Waals surface area contributed by atoms with Gasteiger partial charge in [0.05, 0.1) is 12.7 Å². The molecule has 0 rings (SSSR count). The van der Waals surface area contributed by atoms with Crippen LogP contribution in [0.25, 0.3) is 0 Å². The molecule has 6 heteroatoms. The average molecular weight is 220 g/mol. The number of hydrogen-bond acceptors (Lipinski definition) is 4. The summed E-state index contributed by atoms with van der Waals surface area (Å²) in [6.45, 7) is 5.21. The molecule has 0 atom stereocenters. The highest BCUT2D eigenvalue weighted by atomic mass is 32.2. The Balaban J connectivity index is 4.20. The van der Waals surface area contributed by atoms with Crippen LogP contribution in [-0.2, 0) is 14.8 Å². The molecule has 82 valence electrons. The van der Waals surface area contributed by atoms with Crippen LogP contribution in [0.1, 0.15) is 13.8 Å². The molecule has 0 amide bonds. The molecule has 0 aromatic carbocycles. The first-order valence-electron chi connectivity index (χ1n) is 4.51. The molecular formula is C8H16N2O3S. The Morgan fingerprint density at radius 3 is 2.50 bits per heavy atom. The molecule has 0 unspecified atom stereocenters. The quantitative estimate of drug-likeness (QED) is 0.575. The molecule has 0 aliphatic heterocycles. The zero-order valence-corrected chi connectivity index (χ0v) is 9.38. The van der Waals surface area contributed by atoms with Gasteiger partial charge in [0.1, 0.15) is 0 Å². The van der Waals surface area contributed by atoms with Crippen LogP contribution >= 0.6 is 0 Å². The number of nitriles is 1. The number of hydrogen-bond donors (Lipinski definition) is 0. The van der Waals surface area contributed by atoms with E-state index < -0.39 is 15.8 Å². The normalized spacial score (nSPS) is 11.6. The number of sulfonamides is 1. The molecule has 0 heterocycles. The van der Waals surface area contributed by atoms with E-state index in [9.17, 15) is 8.42 Å². The number of likely N-dealkylation sites (N-methyl/N-ethyl adjacent to an activating group) is 1. The van der Waals surface area contributed by atoms with Crippen LogP contribution in [0.2, 0.25) is 0 Å². The third-order valence-electron chi connectivity index (χ3n) is 1.68. The van der Waals surface area contributed by atoms with Crippen LogP contribution in [-0.4, -0.2) is 44.8 Å². The van der Waals surface area contributed by atoms with Crippen molar-refractivity contribution in [3.63, 3.8) is 0 Å². The fourth-order valence-corrected chi connectivity index (χ4v) is 2.07. The summed E-state index contributed by atoms with van der Waals surface area (Å²) in [5.41, 5.74) is 0. The molecule has 0 aromatic rings. The number of ether oxygens (including phenoxy) is 1. The molecule has 0 aromatic heterocycles.